The van der Waals surface area contributed by atoms with Gasteiger partial charge in [0.1, 0.15) is 5.82 Å². The Balaban J connectivity index is 2.31. The second kappa shape index (κ2) is 5.12. The van der Waals surface area contributed by atoms with Gasteiger partial charge < -0.3 is 10.2 Å². The number of carbonyl (C=O) groups excluding carboxylic acids is 1. The van der Waals surface area contributed by atoms with Crippen LogP contribution in [0.15, 0.2) is 16.7 Å². The summed E-state index contributed by atoms with van der Waals surface area (Å²) in [5.74, 6) is 0.379. The van der Waals surface area contributed by atoms with Gasteiger partial charge in [-0.15, -0.1) is 0 Å². The molecule has 1 fully saturated rings. The van der Waals surface area contributed by atoms with Gasteiger partial charge in [-0.05, 0) is 22.0 Å². The minimum Gasteiger partial charge on any atom is -0.396 e. The smallest absolute Gasteiger partial charge is 0.228 e. The van der Waals surface area contributed by atoms with Crippen molar-refractivity contribution in [2.45, 2.75) is 13.0 Å². The van der Waals surface area contributed by atoms with Crippen molar-refractivity contribution in [1.82, 2.24) is 4.98 Å². The number of aliphatic hydroxyl groups is 2. The highest BCUT2D eigenvalue weighted by Gasteiger charge is 2.31. The van der Waals surface area contributed by atoms with E-state index in [1.807, 2.05) is 0 Å². The van der Waals surface area contributed by atoms with Crippen LogP contribution in [0.4, 0.5) is 5.82 Å². The molecule has 1 saturated heterocycles. The van der Waals surface area contributed by atoms with Crippen LogP contribution in [0.5, 0.6) is 0 Å². The van der Waals surface area contributed by atoms with Gasteiger partial charge >= 0.3 is 0 Å². The molecule has 1 aliphatic heterocycles. The molecule has 1 aromatic heterocycles. The van der Waals surface area contributed by atoms with Gasteiger partial charge in [-0.1, -0.05) is 0 Å². The molecule has 2 N–H and O–H groups in total. The standard InChI is InChI=1S/C11H13BrN2O3/c12-9-2-8(6-16)11(13-3-9)14-4-7(5-15)1-10(14)17/h2-3,7,15-16H,1,4-6H2. The lowest BCUT2D eigenvalue weighted by Gasteiger charge is -2.18. The van der Waals surface area contributed by atoms with E-state index in [0.29, 0.717) is 24.3 Å². The molecule has 0 aliphatic carbocycles. The van der Waals surface area contributed by atoms with E-state index in [9.17, 15) is 9.90 Å². The Morgan fingerprint density at radius 3 is 2.88 bits per heavy atom. The molecule has 1 unspecified atom stereocenters. The molecule has 92 valence electrons. The molecule has 1 aromatic rings. The lowest BCUT2D eigenvalue weighted by molar-refractivity contribution is -0.117. The van der Waals surface area contributed by atoms with E-state index in [2.05, 4.69) is 20.9 Å². The van der Waals surface area contributed by atoms with Crippen molar-refractivity contribution in [2.24, 2.45) is 5.92 Å². The van der Waals surface area contributed by atoms with E-state index < -0.39 is 0 Å². The van der Waals surface area contributed by atoms with Crippen LogP contribution in [0.2, 0.25) is 0 Å². The second-order valence-corrected chi connectivity index (χ2v) is 4.97. The number of hydrogen-bond donors (Lipinski definition) is 2. The fourth-order valence-corrected chi connectivity index (χ4v) is 2.32. The molecule has 1 amide bonds. The monoisotopic (exact) mass is 300 g/mol. The van der Waals surface area contributed by atoms with Crippen LogP contribution in [0.25, 0.3) is 0 Å². The van der Waals surface area contributed by atoms with Crippen LogP contribution < -0.4 is 4.90 Å². The maximum absolute atomic E-state index is 11.8. The number of halogens is 1. The molecule has 0 aromatic carbocycles. The van der Waals surface area contributed by atoms with E-state index in [1.54, 1.807) is 12.3 Å². The zero-order valence-corrected chi connectivity index (χ0v) is 10.7. The van der Waals surface area contributed by atoms with Gasteiger partial charge in [0.2, 0.25) is 5.91 Å². The quantitative estimate of drug-likeness (QED) is 0.861. The topological polar surface area (TPSA) is 73.7 Å². The summed E-state index contributed by atoms with van der Waals surface area (Å²) in [7, 11) is 0. The van der Waals surface area contributed by atoms with Crippen LogP contribution in [-0.2, 0) is 11.4 Å². The van der Waals surface area contributed by atoms with Crippen LogP contribution in [0.1, 0.15) is 12.0 Å². The third kappa shape index (κ3) is 2.48. The van der Waals surface area contributed by atoms with Gasteiger partial charge in [-0.3, -0.25) is 9.69 Å². The van der Waals surface area contributed by atoms with Crippen molar-refractivity contribution >= 4 is 27.7 Å². The zero-order chi connectivity index (χ0) is 12.4. The maximum atomic E-state index is 11.8. The summed E-state index contributed by atoms with van der Waals surface area (Å²) in [5.41, 5.74) is 0.603. The van der Waals surface area contributed by atoms with Crippen molar-refractivity contribution in [3.8, 4) is 0 Å². The highest BCUT2D eigenvalue weighted by atomic mass is 79.9. The first-order valence-electron chi connectivity index (χ1n) is 5.32. The summed E-state index contributed by atoms with van der Waals surface area (Å²) in [6.45, 7) is 0.277. The Kier molecular flexibility index (Phi) is 3.76. The highest BCUT2D eigenvalue weighted by molar-refractivity contribution is 9.10. The fourth-order valence-electron chi connectivity index (χ4n) is 1.94. The summed E-state index contributed by atoms with van der Waals surface area (Å²) in [4.78, 5) is 17.5. The lowest BCUT2D eigenvalue weighted by Crippen LogP contribution is -2.27. The molecule has 2 heterocycles. The number of amides is 1. The van der Waals surface area contributed by atoms with Crippen molar-refractivity contribution in [1.29, 1.82) is 0 Å². The number of pyridine rings is 1. The van der Waals surface area contributed by atoms with Crippen molar-refractivity contribution in [3.63, 3.8) is 0 Å². The van der Waals surface area contributed by atoms with Crippen molar-refractivity contribution < 1.29 is 15.0 Å². The first kappa shape index (κ1) is 12.5. The summed E-state index contributed by atoms with van der Waals surface area (Å²) >= 11 is 3.27. The summed E-state index contributed by atoms with van der Waals surface area (Å²) in [6.07, 6.45) is 1.92. The minimum atomic E-state index is -0.171. The Bertz CT molecular complexity index is 439. The highest BCUT2D eigenvalue weighted by Crippen LogP contribution is 2.27. The Morgan fingerprint density at radius 2 is 2.29 bits per heavy atom. The van der Waals surface area contributed by atoms with E-state index in [0.717, 1.165) is 4.47 Å². The lowest BCUT2D eigenvalue weighted by atomic mass is 10.1. The van der Waals surface area contributed by atoms with E-state index in [-0.39, 0.29) is 25.0 Å². The van der Waals surface area contributed by atoms with Crippen LogP contribution >= 0.6 is 15.9 Å². The van der Waals surface area contributed by atoms with Gasteiger partial charge in [-0.25, -0.2) is 4.98 Å². The predicted molar refractivity (Wildman–Crippen MR) is 65.4 cm³/mol. The van der Waals surface area contributed by atoms with Gasteiger partial charge in [0.05, 0.1) is 6.61 Å². The summed E-state index contributed by atoms with van der Waals surface area (Å²) in [5, 5.41) is 18.3. The third-order valence-electron chi connectivity index (χ3n) is 2.80. The molecule has 0 spiro atoms. The van der Waals surface area contributed by atoms with E-state index in [4.69, 9.17) is 5.11 Å². The van der Waals surface area contributed by atoms with Gasteiger partial charge in [0.25, 0.3) is 0 Å². The molecule has 0 bridgehead atoms. The molecule has 0 radical (unpaired) electrons. The minimum absolute atomic E-state index is 0.00672. The molecule has 1 aliphatic rings. The zero-order valence-electron chi connectivity index (χ0n) is 9.14. The van der Waals surface area contributed by atoms with Crippen LogP contribution in [0, 0.1) is 5.92 Å². The number of rotatable bonds is 3. The maximum Gasteiger partial charge on any atom is 0.228 e. The van der Waals surface area contributed by atoms with Gasteiger partial charge in [0, 0.05) is 41.7 Å². The molecular formula is C11H13BrN2O3. The van der Waals surface area contributed by atoms with Crippen LogP contribution in [-0.4, -0.2) is 34.3 Å². The Hall–Kier alpha value is -0.980. The number of aromatic nitrogens is 1. The number of hydrogen-bond acceptors (Lipinski definition) is 4. The Labute approximate surface area is 107 Å². The van der Waals surface area contributed by atoms with Gasteiger partial charge in [-0.2, -0.15) is 0 Å². The predicted octanol–water partition coefficient (Wildman–Crippen LogP) is 0.682. The number of anilines is 1. The average molecular weight is 301 g/mol. The molecular weight excluding hydrogens is 288 g/mol. The van der Waals surface area contributed by atoms with E-state index in [1.165, 1.54) is 4.90 Å². The second-order valence-electron chi connectivity index (χ2n) is 4.05. The van der Waals surface area contributed by atoms with Crippen molar-refractivity contribution in [2.75, 3.05) is 18.1 Å². The van der Waals surface area contributed by atoms with E-state index >= 15 is 0 Å². The third-order valence-corrected chi connectivity index (χ3v) is 3.23. The Morgan fingerprint density at radius 1 is 1.53 bits per heavy atom. The number of nitrogens with zero attached hydrogens (tertiary/aromatic N) is 2. The molecule has 17 heavy (non-hydrogen) atoms. The molecule has 2 rings (SSSR count). The van der Waals surface area contributed by atoms with Crippen LogP contribution in [0.3, 0.4) is 0 Å². The normalized spacial score (nSPS) is 20.1. The van der Waals surface area contributed by atoms with Crippen molar-refractivity contribution in [3.05, 3.63) is 22.3 Å². The molecule has 6 heteroatoms. The average Bonchev–Trinajstić information content (AvgIpc) is 2.70. The first-order chi connectivity index (χ1) is 8.15. The SMILES string of the molecule is O=C1CC(CO)CN1c1ncc(Br)cc1CO. The molecule has 5 nitrogen and oxygen atoms in total. The summed E-state index contributed by atoms with van der Waals surface area (Å²) in [6, 6.07) is 1.74. The molecule has 1 atom stereocenters. The number of carbonyl (C=O) groups is 1. The summed E-state index contributed by atoms with van der Waals surface area (Å²) < 4.78 is 0.760. The largest absolute Gasteiger partial charge is 0.396 e. The fraction of sp³-hybridized carbons (Fsp3) is 0.455. The molecule has 0 saturated carbocycles. The first-order valence-corrected chi connectivity index (χ1v) is 6.11. The number of aliphatic hydroxyl groups excluding tert-OH is 2. The van der Waals surface area contributed by atoms with Gasteiger partial charge in [0.15, 0.2) is 0 Å².